The summed E-state index contributed by atoms with van der Waals surface area (Å²) in [5.74, 6) is 1.67. The van der Waals surface area contributed by atoms with E-state index < -0.39 is 5.82 Å². The minimum Gasteiger partial charge on any atom is -0.493 e. The third kappa shape index (κ3) is 5.84. The van der Waals surface area contributed by atoms with Crippen LogP contribution < -0.4 is 14.8 Å². The van der Waals surface area contributed by atoms with Crippen LogP contribution in [0, 0.1) is 5.82 Å². The Hall–Kier alpha value is -2.36. The van der Waals surface area contributed by atoms with Gasteiger partial charge >= 0.3 is 0 Å². The first-order chi connectivity index (χ1) is 14.6. The zero-order valence-corrected chi connectivity index (χ0v) is 18.3. The van der Waals surface area contributed by atoms with Crippen LogP contribution in [0.5, 0.6) is 11.5 Å². The van der Waals surface area contributed by atoms with Gasteiger partial charge in [0.25, 0.3) is 0 Å². The molecule has 0 amide bonds. The Morgan fingerprint density at radius 1 is 1.23 bits per heavy atom. The van der Waals surface area contributed by atoms with Crippen LogP contribution in [-0.2, 0) is 20.2 Å². The molecule has 0 saturated carbocycles. The Balaban J connectivity index is 1.55. The minimum absolute atomic E-state index is 0.0151. The van der Waals surface area contributed by atoms with E-state index in [1.807, 2.05) is 25.2 Å². The van der Waals surface area contributed by atoms with Gasteiger partial charge in [-0.1, -0.05) is 41.6 Å². The molecule has 10 heteroatoms. The van der Waals surface area contributed by atoms with Crippen molar-refractivity contribution in [3.8, 4) is 11.5 Å². The first-order valence-corrected chi connectivity index (χ1v) is 10.7. The van der Waals surface area contributed by atoms with Crippen LogP contribution in [0.1, 0.15) is 17.5 Å². The molecule has 160 valence electrons. The van der Waals surface area contributed by atoms with Gasteiger partial charge in [0.2, 0.25) is 5.16 Å². The molecule has 3 aromatic rings. The summed E-state index contributed by atoms with van der Waals surface area (Å²) >= 11 is 7.72. The van der Waals surface area contributed by atoms with Crippen molar-refractivity contribution in [2.75, 3.05) is 19.4 Å². The third-order valence-corrected chi connectivity index (χ3v) is 5.78. The number of aryl methyl sites for hydroxylation is 1. The van der Waals surface area contributed by atoms with E-state index in [9.17, 15) is 4.39 Å². The van der Waals surface area contributed by atoms with E-state index in [0.29, 0.717) is 28.6 Å². The number of aromatic nitrogens is 4. The highest BCUT2D eigenvalue weighted by Gasteiger charge is 2.14. The van der Waals surface area contributed by atoms with Gasteiger partial charge in [0.1, 0.15) is 12.4 Å². The predicted molar refractivity (Wildman–Crippen MR) is 115 cm³/mol. The number of thioether (sulfide) groups is 1. The summed E-state index contributed by atoms with van der Waals surface area (Å²) in [5.41, 5.74) is 1.24. The number of nitrogens with zero attached hydrogens (tertiary/aromatic N) is 4. The fraction of sp³-hybridized carbons (Fsp3) is 0.350. The van der Waals surface area contributed by atoms with Crippen molar-refractivity contribution < 1.29 is 13.9 Å². The van der Waals surface area contributed by atoms with Crippen LogP contribution in [0.2, 0.25) is 5.02 Å². The quantitative estimate of drug-likeness (QED) is 0.350. The van der Waals surface area contributed by atoms with Crippen molar-refractivity contribution in [1.29, 1.82) is 0 Å². The molecule has 3 rings (SSSR count). The lowest BCUT2D eigenvalue weighted by molar-refractivity contribution is 0.276. The largest absolute Gasteiger partial charge is 0.493 e. The predicted octanol–water partition coefficient (Wildman–Crippen LogP) is 3.86. The van der Waals surface area contributed by atoms with Crippen molar-refractivity contribution in [3.05, 3.63) is 58.4 Å². The number of para-hydroxylation sites is 1. The monoisotopic (exact) mass is 451 g/mol. The Morgan fingerprint density at radius 3 is 2.80 bits per heavy atom. The lowest BCUT2D eigenvalue weighted by Gasteiger charge is -2.16. The maximum absolute atomic E-state index is 14.1. The Kier molecular flexibility index (Phi) is 8.30. The van der Waals surface area contributed by atoms with Gasteiger partial charge in [-0.2, -0.15) is 0 Å². The van der Waals surface area contributed by atoms with Gasteiger partial charge in [0, 0.05) is 30.5 Å². The molecule has 0 radical (unpaired) electrons. The van der Waals surface area contributed by atoms with Crippen molar-refractivity contribution >= 4 is 23.4 Å². The van der Waals surface area contributed by atoms with E-state index in [2.05, 4.69) is 20.8 Å². The van der Waals surface area contributed by atoms with Crippen LogP contribution in [0.15, 0.2) is 41.6 Å². The summed E-state index contributed by atoms with van der Waals surface area (Å²) in [5, 5.41) is 15.9. The zero-order chi connectivity index (χ0) is 21.3. The average Bonchev–Trinajstić information content (AvgIpc) is 3.15. The summed E-state index contributed by atoms with van der Waals surface area (Å²) < 4.78 is 27.1. The van der Waals surface area contributed by atoms with Crippen LogP contribution in [0.3, 0.4) is 0 Å². The number of methoxy groups -OCH3 is 1. The van der Waals surface area contributed by atoms with Gasteiger partial charge in [-0.05, 0) is 41.6 Å². The molecular weight excluding hydrogens is 429 g/mol. The minimum atomic E-state index is -0.396. The van der Waals surface area contributed by atoms with Gasteiger partial charge in [-0.3, -0.25) is 0 Å². The second-order valence-corrected chi connectivity index (χ2v) is 7.87. The molecular formula is C20H23ClFN5O2S. The summed E-state index contributed by atoms with van der Waals surface area (Å²) in [4.78, 5) is 0. The van der Waals surface area contributed by atoms with Crippen LogP contribution in [0.25, 0.3) is 0 Å². The molecule has 1 aromatic heterocycles. The topological polar surface area (TPSA) is 74.1 Å². The highest BCUT2D eigenvalue weighted by molar-refractivity contribution is 7.99. The molecule has 2 aromatic carbocycles. The zero-order valence-electron chi connectivity index (χ0n) is 16.8. The molecule has 1 heterocycles. The Bertz CT molecular complexity index is 952. The van der Waals surface area contributed by atoms with Crippen molar-refractivity contribution in [2.24, 2.45) is 7.05 Å². The van der Waals surface area contributed by atoms with Crippen molar-refractivity contribution in [2.45, 2.75) is 24.7 Å². The molecule has 0 atom stereocenters. The number of tetrazole rings is 1. The summed E-state index contributed by atoms with van der Waals surface area (Å²) in [6.45, 7) is 1.42. The molecule has 30 heavy (non-hydrogen) atoms. The second kappa shape index (κ2) is 11.1. The van der Waals surface area contributed by atoms with Gasteiger partial charge in [-0.15, -0.1) is 5.10 Å². The van der Waals surface area contributed by atoms with Gasteiger partial charge < -0.3 is 14.8 Å². The fourth-order valence-corrected chi connectivity index (χ4v) is 3.77. The lowest BCUT2D eigenvalue weighted by atomic mass is 10.1. The number of benzene rings is 2. The number of halogens is 2. The van der Waals surface area contributed by atoms with Crippen molar-refractivity contribution in [1.82, 2.24) is 25.5 Å². The molecule has 0 saturated heterocycles. The van der Waals surface area contributed by atoms with E-state index in [4.69, 9.17) is 21.1 Å². The molecule has 0 aliphatic carbocycles. The standard InChI is InChI=1S/C20H23ClFN5O2S/c1-27-20(24-25-26-27)30-11-5-10-23-12-14-6-3-9-18(28-2)19(14)29-13-15-16(21)7-4-8-17(15)22/h3-4,6-9,23H,5,10-13H2,1-2H3. The number of nitrogens with one attached hydrogen (secondary N) is 1. The van der Waals surface area contributed by atoms with E-state index in [1.54, 1.807) is 35.7 Å². The van der Waals surface area contributed by atoms with E-state index in [-0.39, 0.29) is 6.61 Å². The summed E-state index contributed by atoms with van der Waals surface area (Å²) in [6.07, 6.45) is 0.947. The maximum Gasteiger partial charge on any atom is 0.209 e. The third-order valence-electron chi connectivity index (χ3n) is 4.33. The Morgan fingerprint density at radius 2 is 2.07 bits per heavy atom. The van der Waals surface area contributed by atoms with Crippen molar-refractivity contribution in [3.63, 3.8) is 0 Å². The van der Waals surface area contributed by atoms with Crippen LogP contribution >= 0.6 is 23.4 Å². The van der Waals surface area contributed by atoms with Crippen LogP contribution in [-0.4, -0.2) is 39.6 Å². The molecule has 0 bridgehead atoms. The number of ether oxygens (including phenoxy) is 2. The lowest BCUT2D eigenvalue weighted by Crippen LogP contribution is -2.16. The van der Waals surface area contributed by atoms with Gasteiger partial charge in [0.05, 0.1) is 12.1 Å². The number of rotatable bonds is 11. The average molecular weight is 452 g/mol. The van der Waals surface area contributed by atoms with E-state index in [0.717, 1.165) is 29.4 Å². The summed E-state index contributed by atoms with van der Waals surface area (Å²) in [6, 6.07) is 10.2. The molecule has 0 fully saturated rings. The molecule has 1 N–H and O–H groups in total. The fourth-order valence-electron chi connectivity index (χ4n) is 2.77. The van der Waals surface area contributed by atoms with Gasteiger partial charge in [-0.25, -0.2) is 9.07 Å². The highest BCUT2D eigenvalue weighted by Crippen LogP contribution is 2.32. The number of hydrogen-bond donors (Lipinski definition) is 1. The first-order valence-electron chi connectivity index (χ1n) is 9.37. The van der Waals surface area contributed by atoms with E-state index in [1.165, 1.54) is 6.07 Å². The van der Waals surface area contributed by atoms with Gasteiger partial charge in [0.15, 0.2) is 11.5 Å². The smallest absolute Gasteiger partial charge is 0.209 e. The Labute approximate surface area is 183 Å². The molecule has 7 nitrogen and oxygen atoms in total. The van der Waals surface area contributed by atoms with E-state index >= 15 is 0 Å². The molecule has 0 unspecified atom stereocenters. The molecule has 0 aliphatic heterocycles. The molecule has 0 spiro atoms. The summed E-state index contributed by atoms with van der Waals surface area (Å²) in [7, 11) is 3.40. The SMILES string of the molecule is COc1cccc(CNCCCSc2nnnn2C)c1OCc1c(F)cccc1Cl. The maximum atomic E-state index is 14.1. The first kappa shape index (κ1) is 22.3. The second-order valence-electron chi connectivity index (χ2n) is 6.40. The molecule has 0 aliphatic rings. The highest BCUT2D eigenvalue weighted by atomic mass is 35.5. The normalized spacial score (nSPS) is 10.9. The van der Waals surface area contributed by atoms with Crippen LogP contribution in [0.4, 0.5) is 4.39 Å². The number of hydrogen-bond acceptors (Lipinski definition) is 7.